The van der Waals surface area contributed by atoms with Crippen LogP contribution in [0.1, 0.15) is 17.5 Å². The number of rotatable bonds is 6. The van der Waals surface area contributed by atoms with Crippen LogP contribution in [-0.4, -0.2) is 58.2 Å². The first-order chi connectivity index (χ1) is 12.2. The maximum Gasteiger partial charge on any atom is 0.222 e. The van der Waals surface area contributed by atoms with Crippen molar-refractivity contribution in [2.45, 2.75) is 12.8 Å². The quantitative estimate of drug-likeness (QED) is 0.811. The molecule has 1 aliphatic heterocycles. The Bertz CT molecular complexity index is 699. The Hall–Kier alpha value is -2.40. The highest BCUT2D eigenvalue weighted by molar-refractivity contribution is 5.76. The summed E-state index contributed by atoms with van der Waals surface area (Å²) in [6.45, 7) is 4.47. The molecule has 132 valence electrons. The monoisotopic (exact) mass is 338 g/mol. The van der Waals surface area contributed by atoms with Crippen LogP contribution in [0.2, 0.25) is 0 Å². The number of nitrogens with zero attached hydrogens (tertiary/aromatic N) is 4. The smallest absolute Gasteiger partial charge is 0.222 e. The van der Waals surface area contributed by atoms with Crippen molar-refractivity contribution < 1.29 is 4.79 Å². The lowest BCUT2D eigenvalue weighted by Gasteiger charge is -2.34. The Balaban J connectivity index is 1.37. The summed E-state index contributed by atoms with van der Waals surface area (Å²) in [6.07, 6.45) is 9.52. The minimum Gasteiger partial charge on any atom is -0.340 e. The lowest BCUT2D eigenvalue weighted by Crippen LogP contribution is -2.48. The number of aromatic nitrogens is 2. The van der Waals surface area contributed by atoms with Gasteiger partial charge in [-0.2, -0.15) is 5.10 Å². The first-order valence-corrected chi connectivity index (χ1v) is 8.90. The number of hydrogen-bond acceptors (Lipinski definition) is 3. The lowest BCUT2D eigenvalue weighted by atomic mass is 10.1. The van der Waals surface area contributed by atoms with Crippen molar-refractivity contribution in [1.82, 2.24) is 19.6 Å². The van der Waals surface area contributed by atoms with Crippen LogP contribution in [-0.2, 0) is 18.3 Å². The van der Waals surface area contributed by atoms with Crippen LogP contribution >= 0.6 is 0 Å². The molecule has 2 heterocycles. The molecule has 0 aliphatic carbocycles. The molecule has 1 fully saturated rings. The van der Waals surface area contributed by atoms with Gasteiger partial charge in [-0.1, -0.05) is 42.5 Å². The summed E-state index contributed by atoms with van der Waals surface area (Å²) >= 11 is 0. The van der Waals surface area contributed by atoms with E-state index >= 15 is 0 Å². The average molecular weight is 338 g/mol. The molecule has 0 bridgehead atoms. The van der Waals surface area contributed by atoms with Gasteiger partial charge in [-0.05, 0) is 17.5 Å². The van der Waals surface area contributed by atoms with E-state index in [9.17, 15) is 4.79 Å². The SMILES string of the molecule is Cn1cc(CCC(=O)N2CCN(CC=Cc3ccccc3)CC2)cn1. The van der Waals surface area contributed by atoms with E-state index in [2.05, 4.69) is 46.4 Å². The predicted molar refractivity (Wildman–Crippen MR) is 100 cm³/mol. The Kier molecular flexibility index (Phi) is 6.01. The Morgan fingerprint density at radius 3 is 2.60 bits per heavy atom. The van der Waals surface area contributed by atoms with Crippen LogP contribution in [0.15, 0.2) is 48.8 Å². The lowest BCUT2D eigenvalue weighted by molar-refractivity contribution is -0.132. The highest BCUT2D eigenvalue weighted by Gasteiger charge is 2.20. The van der Waals surface area contributed by atoms with Gasteiger partial charge in [-0.15, -0.1) is 0 Å². The highest BCUT2D eigenvalue weighted by Crippen LogP contribution is 2.08. The van der Waals surface area contributed by atoms with E-state index < -0.39 is 0 Å². The summed E-state index contributed by atoms with van der Waals surface area (Å²) in [7, 11) is 1.90. The molecule has 0 spiro atoms. The number of piperazine rings is 1. The molecule has 1 aromatic carbocycles. The molecule has 1 saturated heterocycles. The molecule has 3 rings (SSSR count). The van der Waals surface area contributed by atoms with E-state index in [4.69, 9.17) is 0 Å². The first kappa shape index (κ1) is 17.4. The van der Waals surface area contributed by atoms with Gasteiger partial charge in [0.2, 0.25) is 5.91 Å². The molecule has 25 heavy (non-hydrogen) atoms. The first-order valence-electron chi connectivity index (χ1n) is 8.90. The third kappa shape index (κ3) is 5.29. The van der Waals surface area contributed by atoms with Gasteiger partial charge in [-0.25, -0.2) is 0 Å². The minimum atomic E-state index is 0.253. The summed E-state index contributed by atoms with van der Waals surface area (Å²) in [6, 6.07) is 10.3. The van der Waals surface area contributed by atoms with Crippen molar-refractivity contribution in [3.63, 3.8) is 0 Å². The van der Waals surface area contributed by atoms with Crippen molar-refractivity contribution in [2.75, 3.05) is 32.7 Å². The summed E-state index contributed by atoms with van der Waals surface area (Å²) in [4.78, 5) is 16.7. The van der Waals surface area contributed by atoms with Crippen LogP contribution in [0.3, 0.4) is 0 Å². The van der Waals surface area contributed by atoms with Gasteiger partial charge < -0.3 is 4.90 Å². The fourth-order valence-electron chi connectivity index (χ4n) is 3.09. The molecule has 2 aromatic rings. The van der Waals surface area contributed by atoms with E-state index in [1.54, 1.807) is 4.68 Å². The third-order valence-electron chi connectivity index (χ3n) is 4.58. The Morgan fingerprint density at radius 1 is 1.16 bits per heavy atom. The maximum absolute atomic E-state index is 12.4. The van der Waals surface area contributed by atoms with Gasteiger partial charge in [0.25, 0.3) is 0 Å². The van der Waals surface area contributed by atoms with Crippen LogP contribution in [0.25, 0.3) is 6.08 Å². The van der Waals surface area contributed by atoms with Crippen molar-refractivity contribution in [2.24, 2.45) is 7.05 Å². The van der Waals surface area contributed by atoms with Gasteiger partial charge in [0.15, 0.2) is 0 Å². The molecule has 5 nitrogen and oxygen atoms in total. The molecule has 1 amide bonds. The molecule has 1 aromatic heterocycles. The largest absolute Gasteiger partial charge is 0.340 e. The van der Waals surface area contributed by atoms with Gasteiger partial charge in [0.05, 0.1) is 6.20 Å². The second-order valence-electron chi connectivity index (χ2n) is 6.52. The normalized spacial score (nSPS) is 15.8. The summed E-state index contributed by atoms with van der Waals surface area (Å²) < 4.78 is 1.78. The third-order valence-corrected chi connectivity index (χ3v) is 4.58. The number of carbonyl (C=O) groups excluding carboxylic acids is 1. The molecule has 0 radical (unpaired) electrons. The molecule has 1 aliphatic rings. The van der Waals surface area contributed by atoms with E-state index in [1.807, 2.05) is 30.4 Å². The number of benzene rings is 1. The zero-order valence-electron chi connectivity index (χ0n) is 14.8. The van der Waals surface area contributed by atoms with Gasteiger partial charge in [0, 0.05) is 52.4 Å². The van der Waals surface area contributed by atoms with Crippen molar-refractivity contribution in [3.05, 3.63) is 59.9 Å². The molecule has 0 saturated carbocycles. The molecular formula is C20H26N4O. The zero-order chi connectivity index (χ0) is 17.5. The van der Waals surface area contributed by atoms with E-state index in [0.29, 0.717) is 6.42 Å². The van der Waals surface area contributed by atoms with Crippen LogP contribution in [0, 0.1) is 0 Å². The summed E-state index contributed by atoms with van der Waals surface area (Å²) in [5.74, 6) is 0.253. The van der Waals surface area contributed by atoms with Gasteiger partial charge in [-0.3, -0.25) is 14.4 Å². The molecule has 0 N–H and O–H groups in total. The van der Waals surface area contributed by atoms with Gasteiger partial charge in [0.1, 0.15) is 0 Å². The molecule has 0 atom stereocenters. The summed E-state index contributed by atoms with van der Waals surface area (Å²) in [5.41, 5.74) is 2.35. The van der Waals surface area contributed by atoms with E-state index in [0.717, 1.165) is 44.7 Å². The predicted octanol–water partition coefficient (Wildman–Crippen LogP) is 2.21. The molecule has 0 unspecified atom stereocenters. The second-order valence-corrected chi connectivity index (χ2v) is 6.52. The second kappa shape index (κ2) is 8.62. The minimum absolute atomic E-state index is 0.253. The number of aryl methyl sites for hydroxylation is 2. The number of hydrogen-bond donors (Lipinski definition) is 0. The van der Waals surface area contributed by atoms with Gasteiger partial charge >= 0.3 is 0 Å². The number of amides is 1. The fraction of sp³-hybridized carbons (Fsp3) is 0.400. The number of carbonyl (C=O) groups is 1. The fourth-order valence-corrected chi connectivity index (χ4v) is 3.09. The van der Waals surface area contributed by atoms with Crippen LogP contribution in [0.5, 0.6) is 0 Å². The van der Waals surface area contributed by atoms with Crippen molar-refractivity contribution in [1.29, 1.82) is 0 Å². The van der Waals surface area contributed by atoms with E-state index in [1.165, 1.54) is 5.56 Å². The standard InChI is InChI=1S/C20H26N4O/c1-22-17-19(16-21-22)9-10-20(25)24-14-12-23(13-15-24)11-5-8-18-6-3-2-4-7-18/h2-8,16-17H,9-15H2,1H3. The molecular weight excluding hydrogens is 312 g/mol. The topological polar surface area (TPSA) is 41.4 Å². The van der Waals surface area contributed by atoms with E-state index in [-0.39, 0.29) is 5.91 Å². The van der Waals surface area contributed by atoms with Crippen molar-refractivity contribution in [3.8, 4) is 0 Å². The van der Waals surface area contributed by atoms with Crippen molar-refractivity contribution >= 4 is 12.0 Å². The van der Waals surface area contributed by atoms with Crippen LogP contribution < -0.4 is 0 Å². The zero-order valence-corrected chi connectivity index (χ0v) is 14.8. The Morgan fingerprint density at radius 2 is 1.92 bits per heavy atom. The molecule has 5 heteroatoms. The summed E-state index contributed by atoms with van der Waals surface area (Å²) in [5, 5.41) is 4.15. The maximum atomic E-state index is 12.4. The van der Waals surface area contributed by atoms with Crippen LogP contribution in [0.4, 0.5) is 0 Å². The highest BCUT2D eigenvalue weighted by atomic mass is 16.2. The Labute approximate surface area is 149 Å². The average Bonchev–Trinajstić information content (AvgIpc) is 3.06.